The van der Waals surface area contributed by atoms with Crippen molar-refractivity contribution in [1.29, 1.82) is 0 Å². The molecule has 0 aliphatic carbocycles. The van der Waals surface area contributed by atoms with E-state index in [2.05, 4.69) is 29.2 Å². The molecule has 2 aliphatic rings. The number of phenols is 1. The Balaban J connectivity index is 1.57. The summed E-state index contributed by atoms with van der Waals surface area (Å²) in [6.07, 6.45) is 1.84. The highest BCUT2D eigenvalue weighted by Gasteiger charge is 2.37. The number of carbonyl (C=O) groups is 1. The summed E-state index contributed by atoms with van der Waals surface area (Å²) in [6, 6.07) is 16.2. The predicted molar refractivity (Wildman–Crippen MR) is 103 cm³/mol. The standard InChI is InChI=1S/C22H25NO4/c1-26-21(25)16-14-23(15-16)19-6-2-17(3-7-19)22(10-12-27-13-11-22)18-4-8-20(24)9-5-18/h2-9,16,24H,10-15H2,1H3. The molecule has 2 aliphatic heterocycles. The molecule has 27 heavy (non-hydrogen) atoms. The van der Waals surface area contributed by atoms with E-state index in [1.165, 1.54) is 18.2 Å². The second kappa shape index (κ2) is 7.24. The number of methoxy groups -OCH3 is 1. The number of rotatable bonds is 4. The molecule has 2 aromatic rings. The smallest absolute Gasteiger partial charge is 0.312 e. The van der Waals surface area contributed by atoms with E-state index < -0.39 is 0 Å². The minimum Gasteiger partial charge on any atom is -0.508 e. The number of hydrogen-bond donors (Lipinski definition) is 1. The van der Waals surface area contributed by atoms with Gasteiger partial charge < -0.3 is 19.5 Å². The van der Waals surface area contributed by atoms with Crippen LogP contribution in [0.25, 0.3) is 0 Å². The molecule has 0 saturated carbocycles. The van der Waals surface area contributed by atoms with Gasteiger partial charge in [0.2, 0.25) is 0 Å². The van der Waals surface area contributed by atoms with Crippen molar-refractivity contribution in [3.05, 3.63) is 59.7 Å². The third-order valence-corrected chi connectivity index (χ3v) is 5.97. The van der Waals surface area contributed by atoms with E-state index in [0.29, 0.717) is 13.1 Å². The molecule has 0 radical (unpaired) electrons. The predicted octanol–water partition coefficient (Wildman–Crippen LogP) is 3.10. The third-order valence-electron chi connectivity index (χ3n) is 5.97. The molecule has 0 atom stereocenters. The van der Waals surface area contributed by atoms with Gasteiger partial charge in [-0.15, -0.1) is 0 Å². The van der Waals surface area contributed by atoms with Crippen molar-refractivity contribution in [2.45, 2.75) is 18.3 Å². The Morgan fingerprint density at radius 2 is 1.59 bits per heavy atom. The molecular formula is C22H25NO4. The average molecular weight is 367 g/mol. The van der Waals surface area contributed by atoms with Gasteiger partial charge in [-0.25, -0.2) is 0 Å². The van der Waals surface area contributed by atoms with Crippen LogP contribution in [0.2, 0.25) is 0 Å². The molecule has 0 spiro atoms. The van der Waals surface area contributed by atoms with E-state index in [1.807, 2.05) is 12.1 Å². The van der Waals surface area contributed by atoms with Crippen LogP contribution in [-0.4, -0.2) is 44.5 Å². The van der Waals surface area contributed by atoms with Gasteiger partial charge in [0, 0.05) is 37.4 Å². The van der Waals surface area contributed by atoms with E-state index in [0.717, 1.165) is 31.7 Å². The Labute approximate surface area is 159 Å². The molecule has 142 valence electrons. The van der Waals surface area contributed by atoms with Crippen molar-refractivity contribution in [3.63, 3.8) is 0 Å². The average Bonchev–Trinajstić information content (AvgIpc) is 2.68. The lowest BCUT2D eigenvalue weighted by molar-refractivity contribution is -0.146. The summed E-state index contributed by atoms with van der Waals surface area (Å²) in [5.74, 6) is 0.138. The molecule has 2 fully saturated rings. The first-order chi connectivity index (χ1) is 13.1. The number of ether oxygens (including phenoxy) is 2. The summed E-state index contributed by atoms with van der Waals surface area (Å²) in [5, 5.41) is 9.66. The summed E-state index contributed by atoms with van der Waals surface area (Å²) in [6.45, 7) is 2.89. The van der Waals surface area contributed by atoms with Gasteiger partial charge in [-0.2, -0.15) is 0 Å². The van der Waals surface area contributed by atoms with Gasteiger partial charge in [-0.05, 0) is 48.2 Å². The first-order valence-corrected chi connectivity index (χ1v) is 9.43. The fraction of sp³-hybridized carbons (Fsp3) is 0.409. The van der Waals surface area contributed by atoms with Crippen LogP contribution in [0.15, 0.2) is 48.5 Å². The first kappa shape index (κ1) is 17.9. The van der Waals surface area contributed by atoms with Crippen LogP contribution in [-0.2, 0) is 19.7 Å². The van der Waals surface area contributed by atoms with Gasteiger partial charge in [-0.3, -0.25) is 4.79 Å². The Hall–Kier alpha value is -2.53. The third kappa shape index (κ3) is 3.28. The van der Waals surface area contributed by atoms with E-state index in [-0.39, 0.29) is 23.1 Å². The van der Waals surface area contributed by atoms with Crippen molar-refractivity contribution >= 4 is 11.7 Å². The van der Waals surface area contributed by atoms with E-state index in [4.69, 9.17) is 9.47 Å². The lowest BCUT2D eigenvalue weighted by atomic mass is 9.69. The van der Waals surface area contributed by atoms with Crippen LogP contribution in [0.4, 0.5) is 5.69 Å². The largest absolute Gasteiger partial charge is 0.508 e. The molecule has 2 aromatic carbocycles. The zero-order valence-corrected chi connectivity index (χ0v) is 15.6. The number of nitrogens with zero attached hydrogens (tertiary/aromatic N) is 1. The van der Waals surface area contributed by atoms with Crippen molar-refractivity contribution in [1.82, 2.24) is 0 Å². The first-order valence-electron chi connectivity index (χ1n) is 9.43. The number of anilines is 1. The topological polar surface area (TPSA) is 59.0 Å². The maximum Gasteiger partial charge on any atom is 0.312 e. The van der Waals surface area contributed by atoms with Crippen LogP contribution >= 0.6 is 0 Å². The minimum absolute atomic E-state index is 0.0199. The number of carbonyl (C=O) groups excluding carboxylic acids is 1. The van der Waals surface area contributed by atoms with Crippen LogP contribution in [0, 0.1) is 5.92 Å². The molecule has 1 N–H and O–H groups in total. The van der Waals surface area contributed by atoms with E-state index in [9.17, 15) is 9.90 Å². The molecule has 0 bridgehead atoms. The number of hydrogen-bond acceptors (Lipinski definition) is 5. The number of benzene rings is 2. The number of aromatic hydroxyl groups is 1. The molecule has 2 saturated heterocycles. The van der Waals surface area contributed by atoms with Gasteiger partial charge in [0.25, 0.3) is 0 Å². The molecular weight excluding hydrogens is 342 g/mol. The van der Waals surface area contributed by atoms with Crippen LogP contribution in [0.5, 0.6) is 5.75 Å². The van der Waals surface area contributed by atoms with E-state index in [1.54, 1.807) is 12.1 Å². The van der Waals surface area contributed by atoms with E-state index >= 15 is 0 Å². The molecule has 2 heterocycles. The zero-order chi connectivity index (χ0) is 18.9. The second-order valence-corrected chi connectivity index (χ2v) is 7.41. The minimum atomic E-state index is -0.128. The highest BCUT2D eigenvalue weighted by Crippen LogP contribution is 2.42. The maximum atomic E-state index is 11.6. The van der Waals surface area contributed by atoms with Crippen LogP contribution in [0.3, 0.4) is 0 Å². The van der Waals surface area contributed by atoms with Gasteiger partial charge in [0.05, 0.1) is 13.0 Å². The van der Waals surface area contributed by atoms with Crippen LogP contribution in [0.1, 0.15) is 24.0 Å². The lowest BCUT2D eigenvalue weighted by Crippen LogP contribution is -2.50. The fourth-order valence-corrected chi connectivity index (χ4v) is 4.24. The van der Waals surface area contributed by atoms with Gasteiger partial charge >= 0.3 is 5.97 Å². The second-order valence-electron chi connectivity index (χ2n) is 7.41. The SMILES string of the molecule is COC(=O)C1CN(c2ccc(C3(c4ccc(O)cc4)CCOCC3)cc2)C1. The maximum absolute atomic E-state index is 11.6. The van der Waals surface area contributed by atoms with Crippen LogP contribution < -0.4 is 4.90 Å². The molecule has 0 aromatic heterocycles. The molecule has 0 unspecified atom stereocenters. The molecule has 4 rings (SSSR count). The summed E-state index contributed by atoms with van der Waals surface area (Å²) in [4.78, 5) is 13.8. The number of phenolic OH excluding ortho intramolecular Hbond substituents is 1. The Morgan fingerprint density at radius 3 is 2.15 bits per heavy atom. The highest BCUT2D eigenvalue weighted by molar-refractivity contribution is 5.76. The monoisotopic (exact) mass is 367 g/mol. The Morgan fingerprint density at radius 1 is 1.04 bits per heavy atom. The molecule has 0 amide bonds. The zero-order valence-electron chi connectivity index (χ0n) is 15.6. The fourth-order valence-electron chi connectivity index (χ4n) is 4.24. The number of esters is 1. The quantitative estimate of drug-likeness (QED) is 0.842. The Kier molecular flexibility index (Phi) is 4.79. The van der Waals surface area contributed by atoms with Gasteiger partial charge in [0.15, 0.2) is 0 Å². The highest BCUT2D eigenvalue weighted by atomic mass is 16.5. The van der Waals surface area contributed by atoms with Gasteiger partial charge in [0.1, 0.15) is 5.75 Å². The summed E-state index contributed by atoms with van der Waals surface area (Å²) in [5.41, 5.74) is 3.52. The van der Waals surface area contributed by atoms with Crippen molar-refractivity contribution in [2.75, 3.05) is 38.3 Å². The summed E-state index contributed by atoms with van der Waals surface area (Å²) >= 11 is 0. The van der Waals surface area contributed by atoms with Crippen molar-refractivity contribution in [3.8, 4) is 5.75 Å². The normalized spacial score (nSPS) is 19.4. The van der Waals surface area contributed by atoms with Crippen molar-refractivity contribution < 1.29 is 19.4 Å². The molecule has 5 nitrogen and oxygen atoms in total. The summed E-state index contributed by atoms with van der Waals surface area (Å²) in [7, 11) is 1.44. The summed E-state index contributed by atoms with van der Waals surface area (Å²) < 4.78 is 10.4. The lowest BCUT2D eigenvalue weighted by Gasteiger charge is -2.41. The van der Waals surface area contributed by atoms with Crippen molar-refractivity contribution in [2.24, 2.45) is 5.92 Å². The molecule has 5 heteroatoms. The van der Waals surface area contributed by atoms with Gasteiger partial charge in [-0.1, -0.05) is 24.3 Å². The Bertz CT molecular complexity index is 788.